The average molecular weight is 319 g/mol. The molecule has 9 heteroatoms. The van der Waals surface area contributed by atoms with Crippen molar-refractivity contribution >= 4 is 16.0 Å². The highest BCUT2D eigenvalue weighted by Gasteiger charge is 2.25. The minimum Gasteiger partial charge on any atom is -0.462 e. The molecule has 0 bridgehead atoms. The highest BCUT2D eigenvalue weighted by atomic mass is 32.2. The minimum absolute atomic E-state index is 0.0697. The molecule has 0 aliphatic heterocycles. The van der Waals surface area contributed by atoms with Crippen molar-refractivity contribution in [3.05, 3.63) is 11.8 Å². The summed E-state index contributed by atoms with van der Waals surface area (Å²) in [5.74, 6) is -0.614. The van der Waals surface area contributed by atoms with Gasteiger partial charge in [0, 0.05) is 13.2 Å². The number of aliphatic hydroxyl groups is 1. The third-order valence-corrected chi connectivity index (χ3v) is 4.28. The van der Waals surface area contributed by atoms with Crippen LogP contribution in [-0.2, 0) is 14.8 Å². The summed E-state index contributed by atoms with van der Waals surface area (Å²) in [6.07, 6.45) is 2.41. The van der Waals surface area contributed by atoms with E-state index in [0.29, 0.717) is 12.8 Å². The van der Waals surface area contributed by atoms with Crippen LogP contribution in [0.2, 0.25) is 0 Å². The second-order valence-electron chi connectivity index (χ2n) is 4.66. The van der Waals surface area contributed by atoms with Crippen LogP contribution in [0.4, 0.5) is 0 Å². The van der Waals surface area contributed by atoms with Gasteiger partial charge in [-0.05, 0) is 25.7 Å². The molecule has 0 aliphatic rings. The van der Waals surface area contributed by atoms with Gasteiger partial charge in [-0.15, -0.1) is 0 Å². The number of aromatic nitrogens is 2. The van der Waals surface area contributed by atoms with Gasteiger partial charge in [0.1, 0.15) is 5.56 Å². The summed E-state index contributed by atoms with van der Waals surface area (Å²) >= 11 is 0. The number of aromatic amines is 1. The summed E-state index contributed by atoms with van der Waals surface area (Å²) in [6, 6.07) is 0. The van der Waals surface area contributed by atoms with Crippen LogP contribution in [0.1, 0.15) is 37.0 Å². The molecule has 0 aromatic carbocycles. The molecule has 1 atom stereocenters. The second-order valence-corrected chi connectivity index (χ2v) is 6.36. The lowest BCUT2D eigenvalue weighted by atomic mass is 10.1. The quantitative estimate of drug-likeness (QED) is 0.444. The SMILES string of the molecule is CCOC(=O)c1cn[nH]c1S(=O)(=O)NCCCC(C)CO. The lowest BCUT2D eigenvalue weighted by molar-refractivity contribution is 0.0522. The van der Waals surface area contributed by atoms with Crippen molar-refractivity contribution in [1.29, 1.82) is 0 Å². The molecule has 0 amide bonds. The number of nitrogens with one attached hydrogen (secondary N) is 2. The summed E-state index contributed by atoms with van der Waals surface area (Å²) < 4.78 is 31.4. The summed E-state index contributed by atoms with van der Waals surface area (Å²) in [5.41, 5.74) is -0.118. The molecule has 1 aromatic heterocycles. The Labute approximate surface area is 123 Å². The Morgan fingerprint density at radius 3 is 2.90 bits per heavy atom. The smallest absolute Gasteiger partial charge is 0.342 e. The average Bonchev–Trinajstić information content (AvgIpc) is 2.94. The summed E-state index contributed by atoms with van der Waals surface area (Å²) in [4.78, 5) is 11.6. The van der Waals surface area contributed by atoms with Crippen LogP contribution in [0.15, 0.2) is 11.2 Å². The molecule has 21 heavy (non-hydrogen) atoms. The van der Waals surface area contributed by atoms with Gasteiger partial charge in [0.15, 0.2) is 5.03 Å². The van der Waals surface area contributed by atoms with E-state index < -0.39 is 16.0 Å². The third kappa shape index (κ3) is 5.10. The first kappa shape index (κ1) is 17.6. The zero-order valence-electron chi connectivity index (χ0n) is 12.1. The monoisotopic (exact) mass is 319 g/mol. The molecular weight excluding hydrogens is 298 g/mol. The van der Waals surface area contributed by atoms with Crippen LogP contribution in [0.25, 0.3) is 0 Å². The zero-order valence-corrected chi connectivity index (χ0v) is 12.9. The molecule has 1 aromatic rings. The first-order chi connectivity index (χ1) is 9.92. The van der Waals surface area contributed by atoms with Crippen molar-refractivity contribution in [2.45, 2.75) is 31.7 Å². The number of esters is 1. The van der Waals surface area contributed by atoms with Gasteiger partial charge in [-0.3, -0.25) is 5.10 Å². The van der Waals surface area contributed by atoms with E-state index in [9.17, 15) is 13.2 Å². The number of hydrogen-bond acceptors (Lipinski definition) is 6. The Kier molecular flexibility index (Phi) is 6.79. The number of hydrogen-bond donors (Lipinski definition) is 3. The summed E-state index contributed by atoms with van der Waals surface area (Å²) in [6.45, 7) is 3.94. The number of aliphatic hydroxyl groups excluding tert-OH is 1. The number of carbonyl (C=O) groups is 1. The van der Waals surface area contributed by atoms with E-state index in [4.69, 9.17) is 9.84 Å². The molecule has 1 rings (SSSR count). The molecule has 0 aliphatic carbocycles. The van der Waals surface area contributed by atoms with Crippen LogP contribution in [0.3, 0.4) is 0 Å². The fourth-order valence-electron chi connectivity index (χ4n) is 1.65. The maximum Gasteiger partial charge on any atom is 0.342 e. The number of carbonyl (C=O) groups excluding carboxylic acids is 1. The Balaban J connectivity index is 2.67. The van der Waals surface area contributed by atoms with Crippen LogP contribution in [-0.4, -0.2) is 49.4 Å². The fraction of sp³-hybridized carbons (Fsp3) is 0.667. The van der Waals surface area contributed by atoms with Gasteiger partial charge in [0.2, 0.25) is 0 Å². The molecule has 1 unspecified atom stereocenters. The van der Waals surface area contributed by atoms with Gasteiger partial charge in [0.25, 0.3) is 10.0 Å². The molecule has 8 nitrogen and oxygen atoms in total. The van der Waals surface area contributed by atoms with E-state index in [2.05, 4.69) is 14.9 Å². The third-order valence-electron chi connectivity index (χ3n) is 2.85. The molecule has 0 radical (unpaired) electrons. The molecule has 0 fully saturated rings. The first-order valence-corrected chi connectivity index (χ1v) is 8.21. The zero-order chi connectivity index (χ0) is 15.9. The van der Waals surface area contributed by atoms with Gasteiger partial charge in [-0.2, -0.15) is 5.10 Å². The fourth-order valence-corrected chi connectivity index (χ4v) is 2.81. The van der Waals surface area contributed by atoms with Crippen LogP contribution in [0.5, 0.6) is 0 Å². The Hall–Kier alpha value is -1.45. The Morgan fingerprint density at radius 2 is 2.29 bits per heavy atom. The lowest BCUT2D eigenvalue weighted by Crippen LogP contribution is -2.27. The lowest BCUT2D eigenvalue weighted by Gasteiger charge is -2.09. The molecule has 0 spiro atoms. The van der Waals surface area contributed by atoms with Gasteiger partial charge < -0.3 is 9.84 Å². The van der Waals surface area contributed by atoms with Crippen molar-refractivity contribution in [3.63, 3.8) is 0 Å². The predicted octanol–water partition coefficient (Wildman–Crippen LogP) is 0.273. The van der Waals surface area contributed by atoms with Crippen LogP contribution >= 0.6 is 0 Å². The van der Waals surface area contributed by atoms with Crippen molar-refractivity contribution in [2.75, 3.05) is 19.8 Å². The van der Waals surface area contributed by atoms with Gasteiger partial charge in [-0.25, -0.2) is 17.9 Å². The van der Waals surface area contributed by atoms with E-state index in [1.807, 2.05) is 6.92 Å². The first-order valence-electron chi connectivity index (χ1n) is 6.73. The number of sulfonamides is 1. The van der Waals surface area contributed by atoms with Gasteiger partial charge in [0.05, 0.1) is 12.8 Å². The maximum absolute atomic E-state index is 12.1. The Bertz CT molecular complexity index is 555. The molecule has 0 saturated heterocycles. The number of ether oxygens (including phenoxy) is 1. The van der Waals surface area contributed by atoms with Crippen LogP contribution < -0.4 is 4.72 Å². The van der Waals surface area contributed by atoms with Crippen molar-refractivity contribution in [3.8, 4) is 0 Å². The predicted molar refractivity (Wildman–Crippen MR) is 75.2 cm³/mol. The summed E-state index contributed by atoms with van der Waals surface area (Å²) in [5, 5.41) is 14.5. The molecule has 1 heterocycles. The second kappa shape index (κ2) is 8.11. The maximum atomic E-state index is 12.1. The van der Waals surface area contributed by atoms with E-state index in [1.165, 1.54) is 0 Å². The van der Waals surface area contributed by atoms with E-state index in [0.717, 1.165) is 6.20 Å². The van der Waals surface area contributed by atoms with Crippen molar-refractivity contribution in [1.82, 2.24) is 14.9 Å². The van der Waals surface area contributed by atoms with E-state index in [-0.39, 0.29) is 36.3 Å². The largest absolute Gasteiger partial charge is 0.462 e. The summed E-state index contributed by atoms with van der Waals surface area (Å²) in [7, 11) is -3.85. The molecule has 0 saturated carbocycles. The highest BCUT2D eigenvalue weighted by molar-refractivity contribution is 7.89. The van der Waals surface area contributed by atoms with Crippen molar-refractivity contribution < 1.29 is 23.1 Å². The van der Waals surface area contributed by atoms with E-state index in [1.54, 1.807) is 6.92 Å². The molecule has 120 valence electrons. The van der Waals surface area contributed by atoms with Gasteiger partial charge >= 0.3 is 5.97 Å². The normalized spacial score (nSPS) is 13.1. The van der Waals surface area contributed by atoms with Gasteiger partial charge in [-0.1, -0.05) is 6.92 Å². The van der Waals surface area contributed by atoms with Crippen molar-refractivity contribution in [2.24, 2.45) is 5.92 Å². The number of rotatable bonds is 9. The number of H-pyrrole nitrogens is 1. The topological polar surface area (TPSA) is 121 Å². The molecule has 3 N–H and O–H groups in total. The standard InChI is InChI=1S/C12H21N3O5S/c1-3-20-12(17)10-7-13-15-11(10)21(18,19)14-6-4-5-9(2)8-16/h7,9,14,16H,3-6,8H2,1-2H3,(H,13,15). The van der Waals surface area contributed by atoms with Crippen LogP contribution in [0, 0.1) is 5.92 Å². The Morgan fingerprint density at radius 1 is 1.57 bits per heavy atom. The molecular formula is C12H21N3O5S. The highest BCUT2D eigenvalue weighted by Crippen LogP contribution is 2.13. The minimum atomic E-state index is -3.85. The van der Waals surface area contributed by atoms with E-state index >= 15 is 0 Å². The number of nitrogens with zero attached hydrogens (tertiary/aromatic N) is 1.